The average Bonchev–Trinajstić information content (AvgIpc) is 2.69. The second-order valence-corrected chi connectivity index (χ2v) is 5.67. The quantitative estimate of drug-likeness (QED) is 0.549. The van der Waals surface area contributed by atoms with Crippen molar-refractivity contribution < 1.29 is 23.7 Å². The number of halogens is 1. The first-order chi connectivity index (χ1) is 13.0. The molecule has 7 nitrogen and oxygen atoms in total. The van der Waals surface area contributed by atoms with Gasteiger partial charge in [-0.2, -0.15) is 5.10 Å². The summed E-state index contributed by atoms with van der Waals surface area (Å²) in [5, 5.41) is 4.35. The number of benzene rings is 2. The smallest absolute Gasteiger partial charge is 0.271 e. The maximum atomic E-state index is 12.3. The molecule has 2 aromatic carbocycles. The van der Waals surface area contributed by atoms with E-state index >= 15 is 0 Å². The van der Waals surface area contributed by atoms with E-state index in [9.17, 15) is 4.79 Å². The van der Waals surface area contributed by atoms with Gasteiger partial charge in [-0.05, 0) is 36.8 Å². The third-order valence-corrected chi connectivity index (χ3v) is 3.81. The van der Waals surface area contributed by atoms with Crippen LogP contribution >= 0.6 is 11.6 Å². The first kappa shape index (κ1) is 20.4. The molecule has 0 aliphatic carbocycles. The molecule has 2 aromatic rings. The molecule has 8 heteroatoms. The second kappa shape index (κ2) is 9.68. The molecule has 2 rings (SSSR count). The number of hydrogen-bond acceptors (Lipinski definition) is 6. The highest BCUT2D eigenvalue weighted by Gasteiger charge is 2.12. The van der Waals surface area contributed by atoms with Gasteiger partial charge in [0.15, 0.2) is 11.5 Å². The van der Waals surface area contributed by atoms with Gasteiger partial charge in [-0.15, -0.1) is 0 Å². The second-order valence-electron chi connectivity index (χ2n) is 5.27. The molecule has 0 saturated heterocycles. The zero-order valence-corrected chi connectivity index (χ0v) is 16.3. The van der Waals surface area contributed by atoms with Gasteiger partial charge in [-0.25, -0.2) is 5.43 Å². The molecule has 0 unspecified atom stereocenters. The third kappa shape index (κ3) is 5.27. The predicted molar refractivity (Wildman–Crippen MR) is 104 cm³/mol. The Labute approximate surface area is 162 Å². The maximum Gasteiger partial charge on any atom is 0.271 e. The van der Waals surface area contributed by atoms with Crippen molar-refractivity contribution in [3.05, 3.63) is 46.5 Å². The lowest BCUT2D eigenvalue weighted by atomic mass is 10.2. The minimum absolute atomic E-state index is 0.352. The molecule has 0 aliphatic heterocycles. The van der Waals surface area contributed by atoms with Gasteiger partial charge in [0.2, 0.25) is 0 Å². The van der Waals surface area contributed by atoms with Crippen LogP contribution in [-0.4, -0.2) is 40.1 Å². The van der Waals surface area contributed by atoms with Crippen molar-refractivity contribution in [1.82, 2.24) is 5.43 Å². The van der Waals surface area contributed by atoms with Gasteiger partial charge in [-0.1, -0.05) is 11.6 Å². The Morgan fingerprint density at radius 3 is 2.30 bits per heavy atom. The molecule has 0 bridgehead atoms. The van der Waals surface area contributed by atoms with Gasteiger partial charge in [0.05, 0.1) is 39.2 Å². The van der Waals surface area contributed by atoms with Gasteiger partial charge in [0.25, 0.3) is 5.91 Å². The minimum atomic E-state index is -0.410. The number of rotatable bonds is 8. The molecular formula is C19H21ClN2O5. The van der Waals surface area contributed by atoms with Crippen LogP contribution in [0, 0.1) is 0 Å². The summed E-state index contributed by atoms with van der Waals surface area (Å²) in [6.07, 6.45) is 1.46. The van der Waals surface area contributed by atoms with E-state index in [4.69, 9.17) is 30.5 Å². The molecule has 0 aliphatic rings. The van der Waals surface area contributed by atoms with Crippen LogP contribution in [0.4, 0.5) is 0 Å². The van der Waals surface area contributed by atoms with Crippen molar-refractivity contribution in [2.75, 3.05) is 27.9 Å². The summed E-state index contributed by atoms with van der Waals surface area (Å²) in [5.74, 6) is 1.55. The first-order valence-corrected chi connectivity index (χ1v) is 8.47. The molecule has 27 heavy (non-hydrogen) atoms. The summed E-state index contributed by atoms with van der Waals surface area (Å²) in [7, 11) is 4.54. The monoisotopic (exact) mass is 392 g/mol. The fraction of sp³-hybridized carbons (Fsp3) is 0.263. The Hall–Kier alpha value is -2.93. The van der Waals surface area contributed by atoms with E-state index in [1.165, 1.54) is 27.5 Å². The molecule has 144 valence electrons. The predicted octanol–water partition coefficient (Wildman–Crippen LogP) is 3.53. The van der Waals surface area contributed by atoms with Crippen LogP contribution < -0.4 is 24.4 Å². The Kier molecular flexibility index (Phi) is 7.31. The van der Waals surface area contributed by atoms with Gasteiger partial charge in [-0.3, -0.25) is 4.79 Å². The van der Waals surface area contributed by atoms with Crippen LogP contribution in [0.5, 0.6) is 23.0 Å². The Morgan fingerprint density at radius 2 is 1.74 bits per heavy atom. The Morgan fingerprint density at radius 1 is 1.07 bits per heavy atom. The van der Waals surface area contributed by atoms with Crippen molar-refractivity contribution in [2.45, 2.75) is 6.92 Å². The molecule has 0 radical (unpaired) electrons. The van der Waals surface area contributed by atoms with E-state index in [0.29, 0.717) is 45.8 Å². The number of nitrogens with zero attached hydrogens (tertiary/aromatic N) is 1. The number of methoxy groups -OCH3 is 3. The summed E-state index contributed by atoms with van der Waals surface area (Å²) in [5.41, 5.74) is 3.45. The van der Waals surface area contributed by atoms with Crippen LogP contribution in [0.25, 0.3) is 0 Å². The lowest BCUT2D eigenvalue weighted by molar-refractivity contribution is 0.0954. The highest BCUT2D eigenvalue weighted by atomic mass is 35.5. The molecular weight excluding hydrogens is 372 g/mol. The molecule has 0 saturated carbocycles. The zero-order chi connectivity index (χ0) is 19.8. The topological polar surface area (TPSA) is 78.4 Å². The normalized spacial score (nSPS) is 10.6. The fourth-order valence-corrected chi connectivity index (χ4v) is 2.54. The molecule has 1 N–H and O–H groups in total. The SMILES string of the molecule is CCOc1c(Cl)cc(/C=N\NC(=O)c2cc(OC)cc(OC)c2)cc1OC. The molecule has 0 spiro atoms. The highest BCUT2D eigenvalue weighted by Crippen LogP contribution is 2.36. The largest absolute Gasteiger partial charge is 0.497 e. The fourth-order valence-electron chi connectivity index (χ4n) is 2.27. The van der Waals surface area contributed by atoms with Crippen molar-refractivity contribution in [2.24, 2.45) is 5.10 Å². The number of hydrazone groups is 1. The number of hydrogen-bond donors (Lipinski definition) is 1. The van der Waals surface area contributed by atoms with Crippen molar-refractivity contribution in [1.29, 1.82) is 0 Å². The van der Waals surface area contributed by atoms with E-state index in [-0.39, 0.29) is 0 Å². The summed E-state index contributed by atoms with van der Waals surface area (Å²) in [6.45, 7) is 2.32. The van der Waals surface area contributed by atoms with Crippen LogP contribution in [-0.2, 0) is 0 Å². The van der Waals surface area contributed by atoms with Crippen LogP contribution in [0.2, 0.25) is 5.02 Å². The van der Waals surface area contributed by atoms with E-state index in [1.54, 1.807) is 30.3 Å². The lowest BCUT2D eigenvalue weighted by Gasteiger charge is -2.11. The van der Waals surface area contributed by atoms with Crippen molar-refractivity contribution in [3.8, 4) is 23.0 Å². The van der Waals surface area contributed by atoms with E-state index in [0.717, 1.165) is 0 Å². The average molecular weight is 393 g/mol. The molecule has 0 fully saturated rings. The van der Waals surface area contributed by atoms with E-state index in [1.807, 2.05) is 6.92 Å². The standard InChI is InChI=1S/C19H21ClN2O5/c1-5-27-18-16(20)6-12(7-17(18)26-4)11-21-22-19(23)13-8-14(24-2)10-15(9-13)25-3/h6-11H,5H2,1-4H3,(H,22,23)/b21-11-. The van der Waals surface area contributed by atoms with Gasteiger partial charge < -0.3 is 18.9 Å². The number of nitrogens with one attached hydrogen (secondary N) is 1. The number of carbonyl (C=O) groups excluding carboxylic acids is 1. The maximum absolute atomic E-state index is 12.3. The molecule has 0 aromatic heterocycles. The van der Waals surface area contributed by atoms with Crippen LogP contribution in [0.1, 0.15) is 22.8 Å². The lowest BCUT2D eigenvalue weighted by Crippen LogP contribution is -2.17. The van der Waals surface area contributed by atoms with E-state index in [2.05, 4.69) is 10.5 Å². The third-order valence-electron chi connectivity index (χ3n) is 3.53. The van der Waals surface area contributed by atoms with E-state index < -0.39 is 5.91 Å². The van der Waals surface area contributed by atoms with Crippen LogP contribution in [0.15, 0.2) is 35.4 Å². The summed E-state index contributed by atoms with van der Waals surface area (Å²) in [6, 6.07) is 8.23. The summed E-state index contributed by atoms with van der Waals surface area (Å²) in [4.78, 5) is 12.3. The van der Waals surface area contributed by atoms with Crippen molar-refractivity contribution in [3.63, 3.8) is 0 Å². The minimum Gasteiger partial charge on any atom is -0.497 e. The number of carbonyl (C=O) groups is 1. The molecule has 0 heterocycles. The van der Waals surface area contributed by atoms with Gasteiger partial charge >= 0.3 is 0 Å². The molecule has 0 atom stereocenters. The first-order valence-electron chi connectivity index (χ1n) is 8.09. The van der Waals surface area contributed by atoms with Gasteiger partial charge in [0.1, 0.15) is 11.5 Å². The van der Waals surface area contributed by atoms with Crippen molar-refractivity contribution >= 4 is 23.7 Å². The highest BCUT2D eigenvalue weighted by molar-refractivity contribution is 6.32. The van der Waals surface area contributed by atoms with Gasteiger partial charge in [0, 0.05) is 11.6 Å². The Balaban J connectivity index is 2.15. The number of amides is 1. The zero-order valence-electron chi connectivity index (χ0n) is 15.5. The summed E-state index contributed by atoms with van der Waals surface area (Å²) >= 11 is 6.21. The Bertz CT molecular complexity index is 817. The summed E-state index contributed by atoms with van der Waals surface area (Å²) < 4.78 is 21.0. The number of ether oxygens (including phenoxy) is 4. The molecule has 1 amide bonds. The van der Waals surface area contributed by atoms with Crippen LogP contribution in [0.3, 0.4) is 0 Å².